The fourth-order valence-corrected chi connectivity index (χ4v) is 2.47. The third-order valence-corrected chi connectivity index (χ3v) is 3.47. The zero-order valence-corrected chi connectivity index (χ0v) is 12.4. The fraction of sp³-hybridized carbons (Fsp3) is 0.562. The number of ether oxygens (including phenoxy) is 2. The van der Waals surface area contributed by atoms with Gasteiger partial charge in [-0.05, 0) is 57.1 Å². The molecule has 1 fully saturated rings. The SMILES string of the molecule is C[C@@H](CN1CCCCC1)OC(=O)COc1ccc(F)cc1. The highest BCUT2D eigenvalue weighted by Gasteiger charge is 2.16. The molecule has 1 heterocycles. The van der Waals surface area contributed by atoms with Gasteiger partial charge in [-0.3, -0.25) is 4.90 Å². The number of esters is 1. The maximum absolute atomic E-state index is 12.7. The van der Waals surface area contributed by atoms with Crippen LogP contribution in [-0.4, -0.2) is 43.2 Å². The van der Waals surface area contributed by atoms with Gasteiger partial charge in [0.1, 0.15) is 17.7 Å². The minimum absolute atomic E-state index is 0.146. The normalized spacial score (nSPS) is 17.2. The molecule has 21 heavy (non-hydrogen) atoms. The van der Waals surface area contributed by atoms with E-state index < -0.39 is 5.97 Å². The van der Waals surface area contributed by atoms with Crippen molar-refractivity contribution in [3.8, 4) is 5.75 Å². The number of hydrogen-bond acceptors (Lipinski definition) is 4. The lowest BCUT2D eigenvalue weighted by Gasteiger charge is -2.28. The van der Waals surface area contributed by atoms with Crippen LogP contribution in [-0.2, 0) is 9.53 Å². The van der Waals surface area contributed by atoms with Gasteiger partial charge in [-0.25, -0.2) is 9.18 Å². The number of piperidine rings is 1. The van der Waals surface area contributed by atoms with Gasteiger partial charge < -0.3 is 9.47 Å². The molecule has 0 radical (unpaired) electrons. The molecular weight excluding hydrogens is 273 g/mol. The van der Waals surface area contributed by atoms with Crippen LogP contribution in [0.4, 0.5) is 4.39 Å². The molecule has 0 aromatic heterocycles. The summed E-state index contributed by atoms with van der Waals surface area (Å²) in [6.07, 6.45) is 3.58. The van der Waals surface area contributed by atoms with Gasteiger partial charge >= 0.3 is 5.97 Å². The second kappa shape index (κ2) is 7.98. The minimum atomic E-state index is -0.399. The van der Waals surface area contributed by atoms with Crippen LogP contribution in [0.3, 0.4) is 0 Å². The molecule has 1 aliphatic heterocycles. The van der Waals surface area contributed by atoms with E-state index in [1.807, 2.05) is 6.92 Å². The van der Waals surface area contributed by atoms with Gasteiger partial charge in [0.05, 0.1) is 0 Å². The van der Waals surface area contributed by atoms with Crippen LogP contribution in [0.5, 0.6) is 5.75 Å². The van der Waals surface area contributed by atoms with E-state index in [2.05, 4.69) is 4.90 Å². The van der Waals surface area contributed by atoms with Gasteiger partial charge in [-0.1, -0.05) is 6.42 Å². The van der Waals surface area contributed by atoms with E-state index in [0.29, 0.717) is 5.75 Å². The molecule has 5 heteroatoms. The maximum Gasteiger partial charge on any atom is 0.344 e. The van der Waals surface area contributed by atoms with Crippen LogP contribution in [0.2, 0.25) is 0 Å². The summed E-state index contributed by atoms with van der Waals surface area (Å²) < 4.78 is 23.3. The zero-order valence-electron chi connectivity index (χ0n) is 12.4. The second-order valence-corrected chi connectivity index (χ2v) is 5.40. The topological polar surface area (TPSA) is 38.8 Å². The third kappa shape index (κ3) is 5.71. The molecule has 0 saturated carbocycles. The van der Waals surface area contributed by atoms with Gasteiger partial charge in [0.15, 0.2) is 6.61 Å². The zero-order chi connectivity index (χ0) is 15.1. The summed E-state index contributed by atoms with van der Waals surface area (Å²) in [5.74, 6) is -0.277. The van der Waals surface area contributed by atoms with E-state index in [9.17, 15) is 9.18 Å². The average Bonchev–Trinajstić information content (AvgIpc) is 2.47. The standard InChI is InChI=1S/C16H22FNO3/c1-13(11-18-9-3-2-4-10-18)21-16(19)12-20-15-7-5-14(17)6-8-15/h5-8,13H,2-4,9-12H2,1H3/t13-/m0/s1. The smallest absolute Gasteiger partial charge is 0.344 e. The number of hydrogen-bond donors (Lipinski definition) is 0. The Morgan fingerprint density at radius 2 is 1.90 bits per heavy atom. The van der Waals surface area contributed by atoms with Crippen molar-refractivity contribution in [3.63, 3.8) is 0 Å². The Kier molecular flexibility index (Phi) is 5.99. The van der Waals surface area contributed by atoms with Crippen molar-refractivity contribution < 1.29 is 18.7 Å². The monoisotopic (exact) mass is 295 g/mol. The molecule has 1 atom stereocenters. The maximum atomic E-state index is 12.7. The molecule has 0 N–H and O–H groups in total. The number of carbonyl (C=O) groups is 1. The first-order valence-corrected chi connectivity index (χ1v) is 7.43. The summed E-state index contributed by atoms with van der Waals surface area (Å²) in [5, 5.41) is 0. The molecule has 0 spiro atoms. The molecule has 0 amide bonds. The number of rotatable bonds is 6. The van der Waals surface area contributed by atoms with Crippen LogP contribution < -0.4 is 4.74 Å². The molecule has 0 bridgehead atoms. The van der Waals surface area contributed by atoms with Crippen molar-refractivity contribution in [2.24, 2.45) is 0 Å². The van der Waals surface area contributed by atoms with Crippen LogP contribution in [0, 0.1) is 5.82 Å². The van der Waals surface area contributed by atoms with Gasteiger partial charge in [-0.2, -0.15) is 0 Å². The van der Waals surface area contributed by atoms with Crippen molar-refractivity contribution in [1.29, 1.82) is 0 Å². The highest BCUT2D eigenvalue weighted by atomic mass is 19.1. The lowest BCUT2D eigenvalue weighted by molar-refractivity contribution is -0.151. The van der Waals surface area contributed by atoms with Gasteiger partial charge in [0, 0.05) is 6.54 Å². The van der Waals surface area contributed by atoms with Crippen LogP contribution in [0.15, 0.2) is 24.3 Å². The Morgan fingerprint density at radius 3 is 2.57 bits per heavy atom. The van der Waals surface area contributed by atoms with Crippen LogP contribution >= 0.6 is 0 Å². The Balaban J connectivity index is 1.67. The van der Waals surface area contributed by atoms with Crippen molar-refractivity contribution in [3.05, 3.63) is 30.1 Å². The van der Waals surface area contributed by atoms with E-state index in [1.165, 1.54) is 43.5 Å². The van der Waals surface area contributed by atoms with Crippen molar-refractivity contribution in [2.45, 2.75) is 32.3 Å². The van der Waals surface area contributed by atoms with E-state index >= 15 is 0 Å². The summed E-state index contributed by atoms with van der Waals surface area (Å²) in [6, 6.07) is 5.55. The van der Waals surface area contributed by atoms with Crippen molar-refractivity contribution in [2.75, 3.05) is 26.2 Å². The first-order chi connectivity index (χ1) is 10.1. The first kappa shape index (κ1) is 15.8. The van der Waals surface area contributed by atoms with Gasteiger partial charge in [0.2, 0.25) is 0 Å². The number of likely N-dealkylation sites (tertiary alicyclic amines) is 1. The second-order valence-electron chi connectivity index (χ2n) is 5.40. The van der Waals surface area contributed by atoms with Crippen molar-refractivity contribution >= 4 is 5.97 Å². The predicted molar refractivity (Wildman–Crippen MR) is 77.7 cm³/mol. The highest BCUT2D eigenvalue weighted by Crippen LogP contribution is 2.12. The average molecular weight is 295 g/mol. The molecule has 4 nitrogen and oxygen atoms in total. The third-order valence-electron chi connectivity index (χ3n) is 3.47. The van der Waals surface area contributed by atoms with E-state index in [4.69, 9.17) is 9.47 Å². The van der Waals surface area contributed by atoms with Gasteiger partial charge in [-0.15, -0.1) is 0 Å². The Labute approximate surface area is 124 Å². The summed E-state index contributed by atoms with van der Waals surface area (Å²) >= 11 is 0. The van der Waals surface area contributed by atoms with Gasteiger partial charge in [0.25, 0.3) is 0 Å². The summed E-state index contributed by atoms with van der Waals surface area (Å²) in [5.41, 5.74) is 0. The number of benzene rings is 1. The minimum Gasteiger partial charge on any atom is -0.482 e. The molecular formula is C16H22FNO3. The quantitative estimate of drug-likeness (QED) is 0.756. The molecule has 116 valence electrons. The largest absolute Gasteiger partial charge is 0.482 e. The lowest BCUT2D eigenvalue weighted by atomic mass is 10.1. The van der Waals surface area contributed by atoms with Crippen molar-refractivity contribution in [1.82, 2.24) is 4.90 Å². The molecule has 1 aromatic carbocycles. The molecule has 1 aliphatic rings. The molecule has 0 aliphatic carbocycles. The Bertz CT molecular complexity index is 443. The summed E-state index contributed by atoms with van der Waals surface area (Å²) in [4.78, 5) is 14.0. The van der Waals surface area contributed by atoms with Crippen LogP contribution in [0.25, 0.3) is 0 Å². The molecule has 1 aromatic rings. The number of carbonyl (C=O) groups excluding carboxylic acids is 1. The Morgan fingerprint density at radius 1 is 1.24 bits per heavy atom. The Hall–Kier alpha value is -1.62. The molecule has 1 saturated heterocycles. The summed E-state index contributed by atoms with van der Waals surface area (Å²) in [7, 11) is 0. The van der Waals surface area contributed by atoms with E-state index in [-0.39, 0.29) is 18.5 Å². The molecule has 0 unspecified atom stereocenters. The summed E-state index contributed by atoms with van der Waals surface area (Å²) in [6.45, 7) is 4.66. The number of halogens is 1. The van der Waals surface area contributed by atoms with E-state index in [0.717, 1.165) is 19.6 Å². The first-order valence-electron chi connectivity index (χ1n) is 7.43. The molecule has 2 rings (SSSR count). The number of nitrogens with zero attached hydrogens (tertiary/aromatic N) is 1. The lowest BCUT2D eigenvalue weighted by Crippen LogP contribution is -2.37. The van der Waals surface area contributed by atoms with E-state index in [1.54, 1.807) is 0 Å². The fourth-order valence-electron chi connectivity index (χ4n) is 2.47. The highest BCUT2D eigenvalue weighted by molar-refractivity contribution is 5.71. The predicted octanol–water partition coefficient (Wildman–Crippen LogP) is 2.62. The van der Waals surface area contributed by atoms with Crippen LogP contribution in [0.1, 0.15) is 26.2 Å².